The fraction of sp³-hybridized carbons (Fsp3) is 0.480. The molecule has 1 radical (unpaired) electrons. The van der Waals surface area contributed by atoms with E-state index in [9.17, 15) is 9.59 Å². The zero-order valence-electron chi connectivity index (χ0n) is 22.0. The minimum atomic E-state index is -1.24. The summed E-state index contributed by atoms with van der Waals surface area (Å²) >= 11 is 6.15. The third-order valence-electron chi connectivity index (χ3n) is 6.54. The first-order chi connectivity index (χ1) is 17.5. The first-order valence-corrected chi connectivity index (χ1v) is 16.5. The molecular weight excluding hydrogens is 573 g/mol. The molecule has 0 spiro atoms. The Balaban J connectivity index is 0.00000400. The van der Waals surface area contributed by atoms with Gasteiger partial charge in [0.2, 0.25) is 0 Å². The summed E-state index contributed by atoms with van der Waals surface area (Å²) in [6, 6.07) is 2.53. The van der Waals surface area contributed by atoms with Crippen LogP contribution in [-0.2, 0) is 38.1 Å². The van der Waals surface area contributed by atoms with Gasteiger partial charge in [0.15, 0.2) is 0 Å². The zero-order chi connectivity index (χ0) is 26.7. The number of halogens is 1. The Hall–Kier alpha value is -2.50. The van der Waals surface area contributed by atoms with Gasteiger partial charge in [-0.15, -0.1) is 0 Å². The summed E-state index contributed by atoms with van der Waals surface area (Å²) in [4.78, 5) is 36.6. The smallest absolute Gasteiger partial charge is 0.314 e. The molecule has 2 unspecified atom stereocenters. The van der Waals surface area contributed by atoms with Crippen LogP contribution in [0.3, 0.4) is 0 Å². The van der Waals surface area contributed by atoms with Crippen molar-refractivity contribution < 1.29 is 31.4 Å². The maximum atomic E-state index is 13.4. The molecule has 4 heterocycles. The Labute approximate surface area is 239 Å². The van der Waals surface area contributed by atoms with Crippen LogP contribution in [0.25, 0.3) is 10.9 Å². The Kier molecular flexibility index (Phi) is 9.94. The largest absolute Gasteiger partial charge is 0.383 e. The molecule has 38 heavy (non-hydrogen) atoms. The summed E-state index contributed by atoms with van der Waals surface area (Å²) < 4.78 is 7.48. The second-order valence-corrected chi connectivity index (χ2v) is 16.9. The van der Waals surface area contributed by atoms with E-state index in [2.05, 4.69) is 46.9 Å². The summed E-state index contributed by atoms with van der Waals surface area (Å²) in [6.07, 6.45) is 7.93. The van der Waals surface area contributed by atoms with Crippen molar-refractivity contribution in [3.63, 3.8) is 0 Å². The van der Waals surface area contributed by atoms with E-state index >= 15 is 0 Å². The molecule has 1 aliphatic heterocycles. The molecule has 3 aromatic heterocycles. The number of nitrogens with zero attached hydrogens (tertiary/aromatic N) is 5. The molecule has 13 heteroatoms. The number of nitrogens with one attached hydrogen (secondary N) is 1. The van der Waals surface area contributed by atoms with Crippen molar-refractivity contribution in [3.8, 4) is 0 Å². The van der Waals surface area contributed by atoms with E-state index in [4.69, 9.17) is 22.1 Å². The molecule has 0 aliphatic carbocycles. The van der Waals surface area contributed by atoms with Crippen LogP contribution in [-0.4, -0.2) is 57.7 Å². The van der Waals surface area contributed by atoms with Crippen LogP contribution >= 0.6 is 11.6 Å². The number of fused-ring (bicyclic) bond motifs is 1. The molecular formula is C25H34ClCuN7O3Si. The normalized spacial score (nSPS) is 17.8. The van der Waals surface area contributed by atoms with Gasteiger partial charge in [-0.05, 0) is 36.4 Å². The fourth-order valence-electron chi connectivity index (χ4n) is 4.48. The zero-order valence-corrected chi connectivity index (χ0v) is 24.7. The molecule has 2 amide bonds. The molecule has 2 atom stereocenters. The van der Waals surface area contributed by atoms with Crippen molar-refractivity contribution >= 4 is 53.9 Å². The van der Waals surface area contributed by atoms with Gasteiger partial charge in [0, 0.05) is 50.7 Å². The van der Waals surface area contributed by atoms with Crippen LogP contribution in [0.2, 0.25) is 30.7 Å². The molecule has 0 saturated carbocycles. The Morgan fingerprint density at radius 3 is 2.68 bits per heavy atom. The maximum absolute atomic E-state index is 13.4. The van der Waals surface area contributed by atoms with Crippen LogP contribution in [0.15, 0.2) is 30.9 Å². The van der Waals surface area contributed by atoms with Gasteiger partial charge in [0.1, 0.15) is 12.5 Å². The predicted octanol–water partition coefficient (Wildman–Crippen LogP) is 4.31. The minimum Gasteiger partial charge on any atom is -0.383 e. The average molecular weight is 608 g/mol. The third-order valence-corrected chi connectivity index (χ3v) is 8.46. The van der Waals surface area contributed by atoms with E-state index in [0.717, 1.165) is 24.4 Å². The van der Waals surface area contributed by atoms with Crippen LogP contribution in [0, 0.1) is 5.92 Å². The predicted molar refractivity (Wildman–Crippen MR) is 147 cm³/mol. The van der Waals surface area contributed by atoms with Crippen LogP contribution < -0.4 is 11.1 Å². The Morgan fingerprint density at radius 2 is 1.97 bits per heavy atom. The molecule has 0 bridgehead atoms. The van der Waals surface area contributed by atoms with Gasteiger partial charge in [0.25, 0.3) is 0 Å². The van der Waals surface area contributed by atoms with Gasteiger partial charge in [-0.3, -0.25) is 14.6 Å². The van der Waals surface area contributed by atoms with Gasteiger partial charge < -0.3 is 20.7 Å². The second kappa shape index (κ2) is 12.6. The second-order valence-electron chi connectivity index (χ2n) is 10.9. The van der Waals surface area contributed by atoms with Crippen molar-refractivity contribution in [2.45, 2.75) is 58.2 Å². The number of hydrogen-bond donors (Lipinski definition) is 2. The third kappa shape index (κ3) is 7.12. The number of ether oxygens (including phenoxy) is 1. The van der Waals surface area contributed by atoms with Gasteiger partial charge in [-0.1, -0.05) is 38.2 Å². The molecule has 1 fully saturated rings. The molecule has 10 nitrogen and oxygen atoms in total. The van der Waals surface area contributed by atoms with Gasteiger partial charge >= 0.3 is 11.8 Å². The van der Waals surface area contributed by atoms with Crippen LogP contribution in [0.1, 0.15) is 31.4 Å². The number of carbonyl (C=O) groups excluding carboxylic acids is 2. The molecule has 209 valence electrons. The summed E-state index contributed by atoms with van der Waals surface area (Å²) in [5.41, 5.74) is 7.78. The van der Waals surface area contributed by atoms with Crippen molar-refractivity contribution in [3.05, 3.63) is 41.4 Å². The molecule has 3 N–H and O–H groups in total. The maximum Gasteiger partial charge on any atom is 0.314 e. The number of nitrogen functional groups attached to an aromatic ring is 1. The first kappa shape index (κ1) is 30.0. The summed E-state index contributed by atoms with van der Waals surface area (Å²) in [7, 11) is -1.24. The van der Waals surface area contributed by atoms with E-state index < -0.39 is 19.9 Å². The molecule has 1 aliphatic rings. The number of likely N-dealkylation sites (tertiary alicyclic amines) is 1. The average Bonchev–Trinajstić information content (AvgIpc) is 3.27. The topological polar surface area (TPSA) is 128 Å². The molecule has 3 aromatic rings. The number of carbonyl (C=O) groups is 2. The number of rotatable bonds is 7. The van der Waals surface area contributed by atoms with E-state index in [1.807, 2.05) is 0 Å². The quantitative estimate of drug-likeness (QED) is 0.233. The fourth-order valence-corrected chi connectivity index (χ4v) is 5.42. The number of piperidine rings is 1. The van der Waals surface area contributed by atoms with Crippen molar-refractivity contribution in [2.24, 2.45) is 5.92 Å². The van der Waals surface area contributed by atoms with E-state index in [1.165, 1.54) is 6.20 Å². The summed E-state index contributed by atoms with van der Waals surface area (Å²) in [6.45, 7) is 10.2. The first-order valence-electron chi connectivity index (χ1n) is 12.4. The number of nitrogens with two attached hydrogens (primary N) is 1. The molecule has 4 rings (SSSR count). The molecule has 1 saturated heterocycles. The van der Waals surface area contributed by atoms with Crippen molar-refractivity contribution in [2.75, 3.05) is 24.2 Å². The van der Waals surface area contributed by atoms with Gasteiger partial charge in [-0.25, -0.2) is 9.67 Å². The number of amides is 2. The number of aromatic nitrogens is 4. The van der Waals surface area contributed by atoms with Gasteiger partial charge in [-0.2, -0.15) is 5.10 Å². The van der Waals surface area contributed by atoms with E-state index in [-0.39, 0.29) is 41.6 Å². The van der Waals surface area contributed by atoms with Crippen LogP contribution in [0.5, 0.6) is 0 Å². The van der Waals surface area contributed by atoms with Gasteiger partial charge in [0.05, 0.1) is 40.0 Å². The number of hydrogen-bond acceptors (Lipinski definition) is 7. The summed E-state index contributed by atoms with van der Waals surface area (Å²) in [5, 5.41) is 8.20. The van der Waals surface area contributed by atoms with E-state index in [0.29, 0.717) is 34.8 Å². The molecule has 0 aromatic carbocycles. The Bertz CT molecular complexity index is 1300. The van der Waals surface area contributed by atoms with Crippen molar-refractivity contribution in [1.29, 1.82) is 0 Å². The Morgan fingerprint density at radius 1 is 1.21 bits per heavy atom. The SMILES string of the molecule is CC1CCC(c2cncc(Cl)c2)N(C(=O)C(=O)Nc2cnc(N)c3cnn(COCC[Si](C)(C)C)c23)C1.[Cu]. The van der Waals surface area contributed by atoms with E-state index in [1.54, 1.807) is 34.2 Å². The van der Waals surface area contributed by atoms with Crippen LogP contribution in [0.4, 0.5) is 11.5 Å². The minimum absolute atomic E-state index is 0. The number of pyridine rings is 2. The standard InChI is InChI=1S/C25H34ClN7O3Si.Cu/c1-16-5-6-21(17-9-18(26)11-28-10-17)32(14-16)25(35)24(34)31-20-13-29-23(27)19-12-30-33(22(19)20)15-36-7-8-37(2,3)4;/h9-13,16,21H,5-8,14-15H2,1-4H3,(H2,27,29)(H,31,34);. The van der Waals surface area contributed by atoms with Crippen molar-refractivity contribution in [1.82, 2.24) is 24.6 Å². The number of anilines is 2. The monoisotopic (exact) mass is 606 g/mol. The summed E-state index contributed by atoms with van der Waals surface area (Å²) in [5.74, 6) is -0.834.